The molecular formula is C12H9ClN2S. The molecule has 0 unspecified atom stereocenters. The van der Waals surface area contributed by atoms with Crippen LogP contribution in [0.15, 0.2) is 42.7 Å². The van der Waals surface area contributed by atoms with Gasteiger partial charge in [-0.15, -0.1) is 11.3 Å². The molecule has 0 spiro atoms. The van der Waals surface area contributed by atoms with Crippen molar-refractivity contribution in [2.75, 3.05) is 0 Å². The summed E-state index contributed by atoms with van der Waals surface area (Å²) in [5.41, 5.74) is 2.19. The molecule has 16 heavy (non-hydrogen) atoms. The summed E-state index contributed by atoms with van der Waals surface area (Å²) in [4.78, 5) is 5.60. The maximum atomic E-state index is 5.91. The van der Waals surface area contributed by atoms with Crippen molar-refractivity contribution in [1.82, 2.24) is 9.55 Å². The smallest absolute Gasteiger partial charge is 0.0961 e. The van der Waals surface area contributed by atoms with E-state index in [4.69, 9.17) is 11.6 Å². The summed E-state index contributed by atoms with van der Waals surface area (Å²) >= 11 is 7.52. The Balaban J connectivity index is 2.00. The molecule has 1 aromatic carbocycles. The average molecular weight is 249 g/mol. The molecule has 2 heterocycles. The van der Waals surface area contributed by atoms with E-state index in [0.29, 0.717) is 0 Å². The molecule has 0 aliphatic rings. The Morgan fingerprint density at radius 1 is 1.19 bits per heavy atom. The van der Waals surface area contributed by atoms with Gasteiger partial charge in [-0.1, -0.05) is 23.7 Å². The molecule has 0 saturated heterocycles. The van der Waals surface area contributed by atoms with Crippen LogP contribution >= 0.6 is 22.9 Å². The summed E-state index contributed by atoms with van der Waals surface area (Å²) in [6, 6.07) is 12.1. The first kappa shape index (κ1) is 9.87. The number of nitrogens with zero attached hydrogens (tertiary/aromatic N) is 2. The second kappa shape index (κ2) is 3.92. The Morgan fingerprint density at radius 2 is 2.06 bits per heavy atom. The minimum absolute atomic E-state index is 0.831. The van der Waals surface area contributed by atoms with Gasteiger partial charge in [0.15, 0.2) is 0 Å². The molecule has 0 radical (unpaired) electrons. The Kier molecular flexibility index (Phi) is 2.42. The summed E-state index contributed by atoms with van der Waals surface area (Å²) in [7, 11) is 0. The second-order valence-electron chi connectivity index (χ2n) is 3.57. The van der Waals surface area contributed by atoms with E-state index < -0.39 is 0 Å². The highest BCUT2D eigenvalue weighted by Crippen LogP contribution is 2.23. The van der Waals surface area contributed by atoms with Gasteiger partial charge < -0.3 is 4.57 Å². The van der Waals surface area contributed by atoms with Crippen molar-refractivity contribution in [3.8, 4) is 0 Å². The van der Waals surface area contributed by atoms with E-state index in [2.05, 4.69) is 21.7 Å². The fourth-order valence-corrected chi connectivity index (χ4v) is 2.83. The van der Waals surface area contributed by atoms with Crippen LogP contribution in [0.2, 0.25) is 4.34 Å². The molecule has 2 nitrogen and oxygen atoms in total. The van der Waals surface area contributed by atoms with Gasteiger partial charge in [0, 0.05) is 4.88 Å². The zero-order chi connectivity index (χ0) is 11.0. The van der Waals surface area contributed by atoms with Crippen molar-refractivity contribution in [1.29, 1.82) is 0 Å². The van der Waals surface area contributed by atoms with Gasteiger partial charge in [-0.2, -0.15) is 0 Å². The van der Waals surface area contributed by atoms with Crippen molar-refractivity contribution in [3.05, 3.63) is 51.9 Å². The molecular weight excluding hydrogens is 240 g/mol. The Labute approximate surface area is 102 Å². The summed E-state index contributed by atoms with van der Waals surface area (Å²) < 4.78 is 2.97. The van der Waals surface area contributed by atoms with Crippen LogP contribution in [-0.4, -0.2) is 9.55 Å². The molecule has 80 valence electrons. The number of aromatic nitrogens is 2. The highest BCUT2D eigenvalue weighted by atomic mass is 35.5. The molecule has 0 amide bonds. The van der Waals surface area contributed by atoms with Gasteiger partial charge in [-0.3, -0.25) is 0 Å². The predicted octanol–water partition coefficient (Wildman–Crippen LogP) is 3.80. The number of thiophene rings is 1. The number of fused-ring (bicyclic) bond motifs is 1. The summed E-state index contributed by atoms with van der Waals surface area (Å²) in [5, 5.41) is 0. The SMILES string of the molecule is Clc1ccc(Cn2cnc3ccccc32)s1. The number of benzene rings is 1. The molecule has 0 atom stereocenters. The van der Waals surface area contributed by atoms with Crippen molar-refractivity contribution in [2.24, 2.45) is 0 Å². The number of hydrogen-bond donors (Lipinski definition) is 0. The fourth-order valence-electron chi connectivity index (χ4n) is 1.74. The normalized spacial score (nSPS) is 11.1. The predicted molar refractivity (Wildman–Crippen MR) is 68.2 cm³/mol. The lowest BCUT2D eigenvalue weighted by molar-refractivity contribution is 0.838. The van der Waals surface area contributed by atoms with Crippen LogP contribution in [0.25, 0.3) is 11.0 Å². The first-order valence-electron chi connectivity index (χ1n) is 4.97. The van der Waals surface area contributed by atoms with Crippen molar-refractivity contribution < 1.29 is 0 Å². The first-order chi connectivity index (χ1) is 7.83. The maximum Gasteiger partial charge on any atom is 0.0961 e. The number of hydrogen-bond acceptors (Lipinski definition) is 2. The van der Waals surface area contributed by atoms with Gasteiger partial charge in [-0.25, -0.2) is 4.98 Å². The number of imidazole rings is 1. The van der Waals surface area contributed by atoms with Crippen molar-refractivity contribution in [2.45, 2.75) is 6.54 Å². The lowest BCUT2D eigenvalue weighted by atomic mass is 10.3. The standard InChI is InChI=1S/C12H9ClN2S/c13-12-6-5-9(16-12)7-15-8-14-10-3-1-2-4-11(10)15/h1-6,8H,7H2. The minimum atomic E-state index is 0.831. The summed E-state index contributed by atoms with van der Waals surface area (Å²) in [6.45, 7) is 0.831. The van der Waals surface area contributed by atoms with E-state index in [1.807, 2.05) is 30.6 Å². The molecule has 2 aromatic heterocycles. The summed E-state index contributed by atoms with van der Waals surface area (Å²) in [6.07, 6.45) is 1.87. The lowest BCUT2D eigenvalue weighted by Crippen LogP contribution is -1.94. The third kappa shape index (κ3) is 1.72. The van der Waals surface area contributed by atoms with E-state index in [1.54, 1.807) is 11.3 Å². The molecule has 0 saturated carbocycles. The number of halogens is 1. The van der Waals surface area contributed by atoms with E-state index in [-0.39, 0.29) is 0 Å². The minimum Gasteiger partial charge on any atom is -0.325 e. The number of rotatable bonds is 2. The summed E-state index contributed by atoms with van der Waals surface area (Å²) in [5.74, 6) is 0. The van der Waals surface area contributed by atoms with Crippen molar-refractivity contribution in [3.63, 3.8) is 0 Å². The van der Waals surface area contributed by atoms with E-state index in [9.17, 15) is 0 Å². The molecule has 0 fully saturated rings. The van der Waals surface area contributed by atoms with Crippen LogP contribution in [0.1, 0.15) is 4.88 Å². The van der Waals surface area contributed by atoms with E-state index in [0.717, 1.165) is 21.9 Å². The van der Waals surface area contributed by atoms with Crippen LogP contribution < -0.4 is 0 Å². The van der Waals surface area contributed by atoms with E-state index >= 15 is 0 Å². The van der Waals surface area contributed by atoms with E-state index in [1.165, 1.54) is 4.88 Å². The molecule has 0 N–H and O–H groups in total. The second-order valence-corrected chi connectivity index (χ2v) is 5.37. The Bertz CT molecular complexity index is 627. The van der Waals surface area contributed by atoms with Gasteiger partial charge in [-0.05, 0) is 24.3 Å². The van der Waals surface area contributed by atoms with Gasteiger partial charge >= 0.3 is 0 Å². The zero-order valence-corrected chi connectivity index (χ0v) is 10.0. The monoisotopic (exact) mass is 248 g/mol. The van der Waals surface area contributed by atoms with Gasteiger partial charge in [0.2, 0.25) is 0 Å². The molecule has 0 aliphatic carbocycles. The molecule has 0 aliphatic heterocycles. The fraction of sp³-hybridized carbons (Fsp3) is 0.0833. The van der Waals surface area contributed by atoms with Crippen LogP contribution in [0.5, 0.6) is 0 Å². The Morgan fingerprint density at radius 3 is 2.88 bits per heavy atom. The third-order valence-corrected chi connectivity index (χ3v) is 3.70. The van der Waals surface area contributed by atoms with Gasteiger partial charge in [0.25, 0.3) is 0 Å². The van der Waals surface area contributed by atoms with Crippen LogP contribution in [0.4, 0.5) is 0 Å². The Hall–Kier alpha value is -1.32. The molecule has 0 bridgehead atoms. The average Bonchev–Trinajstić information content (AvgIpc) is 2.87. The topological polar surface area (TPSA) is 17.8 Å². The lowest BCUT2D eigenvalue weighted by Gasteiger charge is -2.00. The first-order valence-corrected chi connectivity index (χ1v) is 6.16. The van der Waals surface area contributed by atoms with Crippen LogP contribution in [-0.2, 0) is 6.54 Å². The van der Waals surface area contributed by atoms with Crippen molar-refractivity contribution >= 4 is 34.0 Å². The molecule has 4 heteroatoms. The highest BCUT2D eigenvalue weighted by Gasteiger charge is 2.03. The molecule has 3 rings (SSSR count). The van der Waals surface area contributed by atoms with Gasteiger partial charge in [0.1, 0.15) is 0 Å². The zero-order valence-electron chi connectivity index (χ0n) is 8.43. The highest BCUT2D eigenvalue weighted by molar-refractivity contribution is 7.16. The van der Waals surface area contributed by atoms with Crippen LogP contribution in [0, 0.1) is 0 Å². The maximum absolute atomic E-state index is 5.91. The van der Waals surface area contributed by atoms with Gasteiger partial charge in [0.05, 0.1) is 28.2 Å². The number of para-hydroxylation sites is 2. The third-order valence-electron chi connectivity index (χ3n) is 2.48. The quantitative estimate of drug-likeness (QED) is 0.675. The van der Waals surface area contributed by atoms with Crippen LogP contribution in [0.3, 0.4) is 0 Å². The largest absolute Gasteiger partial charge is 0.325 e. The molecule has 3 aromatic rings.